The second-order valence-electron chi connectivity index (χ2n) is 5.49. The molecule has 8 heteroatoms. The minimum absolute atomic E-state index is 0.0315. The number of aromatic nitrogens is 2. The van der Waals surface area contributed by atoms with E-state index >= 15 is 0 Å². The van der Waals surface area contributed by atoms with Crippen molar-refractivity contribution in [1.82, 2.24) is 15.0 Å². The van der Waals surface area contributed by atoms with Gasteiger partial charge in [-0.05, 0) is 24.3 Å². The molecule has 0 atom stereocenters. The summed E-state index contributed by atoms with van der Waals surface area (Å²) in [4.78, 5) is 17.8. The number of likely N-dealkylation sites (N-methyl/N-ethyl adjacent to an activating group) is 1. The number of para-hydroxylation sites is 1. The summed E-state index contributed by atoms with van der Waals surface area (Å²) in [5, 5.41) is 3.92. The van der Waals surface area contributed by atoms with Crippen molar-refractivity contribution in [2.75, 3.05) is 13.7 Å². The van der Waals surface area contributed by atoms with Crippen LogP contribution in [-0.2, 0) is 11.3 Å². The van der Waals surface area contributed by atoms with E-state index in [0.29, 0.717) is 11.7 Å². The standard InChI is InChI=1S/C18H15BrFN3O3/c1-23(17(24)11-25-15-8-3-2-7-14(15)20)10-16-21-18(22-26-16)12-5-4-6-13(19)9-12/h2-9H,10-11H2,1H3. The Kier molecular flexibility index (Phi) is 5.62. The minimum Gasteiger partial charge on any atom is -0.481 e. The summed E-state index contributed by atoms with van der Waals surface area (Å²) < 4.78 is 24.8. The fourth-order valence-electron chi connectivity index (χ4n) is 2.17. The van der Waals surface area contributed by atoms with Gasteiger partial charge in [0.1, 0.15) is 0 Å². The van der Waals surface area contributed by atoms with Crippen LogP contribution < -0.4 is 4.74 Å². The van der Waals surface area contributed by atoms with Crippen molar-refractivity contribution < 1.29 is 18.4 Å². The van der Waals surface area contributed by atoms with Crippen LogP contribution in [0.5, 0.6) is 5.75 Å². The van der Waals surface area contributed by atoms with Crippen molar-refractivity contribution >= 4 is 21.8 Å². The molecule has 1 heterocycles. The molecule has 26 heavy (non-hydrogen) atoms. The molecule has 0 radical (unpaired) electrons. The van der Waals surface area contributed by atoms with Crippen LogP contribution in [0.1, 0.15) is 5.89 Å². The summed E-state index contributed by atoms with van der Waals surface area (Å²) >= 11 is 3.39. The molecule has 0 N–H and O–H groups in total. The Balaban J connectivity index is 1.58. The van der Waals surface area contributed by atoms with Gasteiger partial charge < -0.3 is 14.2 Å². The monoisotopic (exact) mass is 419 g/mol. The number of hydrogen-bond acceptors (Lipinski definition) is 5. The lowest BCUT2D eigenvalue weighted by atomic mass is 10.2. The molecule has 0 saturated heterocycles. The summed E-state index contributed by atoms with van der Waals surface area (Å²) in [6, 6.07) is 13.4. The summed E-state index contributed by atoms with van der Waals surface area (Å²) in [6.07, 6.45) is 0. The van der Waals surface area contributed by atoms with Gasteiger partial charge >= 0.3 is 0 Å². The molecule has 0 saturated carbocycles. The van der Waals surface area contributed by atoms with Gasteiger partial charge in [-0.25, -0.2) is 4.39 Å². The predicted octanol–water partition coefficient (Wildman–Crippen LogP) is 3.68. The first-order chi connectivity index (χ1) is 12.5. The number of halogens is 2. The van der Waals surface area contributed by atoms with E-state index in [9.17, 15) is 9.18 Å². The summed E-state index contributed by atoms with van der Waals surface area (Å²) in [5.74, 6) is -0.0931. The largest absolute Gasteiger partial charge is 0.481 e. The predicted molar refractivity (Wildman–Crippen MR) is 95.8 cm³/mol. The van der Waals surface area contributed by atoms with Gasteiger partial charge in [-0.15, -0.1) is 0 Å². The molecule has 0 fully saturated rings. The second-order valence-corrected chi connectivity index (χ2v) is 6.41. The maximum absolute atomic E-state index is 13.5. The second kappa shape index (κ2) is 8.09. The van der Waals surface area contributed by atoms with E-state index in [-0.39, 0.29) is 24.8 Å². The Hall–Kier alpha value is -2.74. The Labute approximate surface area is 157 Å². The highest BCUT2D eigenvalue weighted by Crippen LogP contribution is 2.20. The van der Waals surface area contributed by atoms with Crippen LogP contribution in [0, 0.1) is 5.82 Å². The lowest BCUT2D eigenvalue weighted by Crippen LogP contribution is -2.31. The van der Waals surface area contributed by atoms with E-state index in [1.54, 1.807) is 19.2 Å². The fourth-order valence-corrected chi connectivity index (χ4v) is 2.57. The van der Waals surface area contributed by atoms with Gasteiger partial charge in [0.15, 0.2) is 18.2 Å². The SMILES string of the molecule is CN(Cc1nc(-c2cccc(Br)c2)no1)C(=O)COc1ccccc1F. The van der Waals surface area contributed by atoms with Crippen molar-refractivity contribution in [2.45, 2.75) is 6.54 Å². The van der Waals surface area contributed by atoms with E-state index in [0.717, 1.165) is 10.0 Å². The van der Waals surface area contributed by atoms with Gasteiger partial charge in [0.2, 0.25) is 11.7 Å². The van der Waals surface area contributed by atoms with Gasteiger partial charge in [0, 0.05) is 17.1 Å². The number of benzene rings is 2. The average Bonchev–Trinajstić information content (AvgIpc) is 3.09. The van der Waals surface area contributed by atoms with E-state index < -0.39 is 5.82 Å². The van der Waals surface area contributed by atoms with Gasteiger partial charge in [0.05, 0.1) is 6.54 Å². The molecule has 1 aromatic heterocycles. The van der Waals surface area contributed by atoms with Crippen molar-refractivity contribution in [3.05, 3.63) is 64.7 Å². The zero-order chi connectivity index (χ0) is 18.5. The molecule has 0 aliphatic rings. The molecular formula is C18H15BrFN3O3. The van der Waals surface area contributed by atoms with Crippen molar-refractivity contribution in [3.8, 4) is 17.1 Å². The lowest BCUT2D eigenvalue weighted by molar-refractivity contribution is -0.132. The highest BCUT2D eigenvalue weighted by molar-refractivity contribution is 9.10. The third-order valence-corrected chi connectivity index (χ3v) is 4.03. The molecule has 134 valence electrons. The molecule has 6 nitrogen and oxygen atoms in total. The van der Waals surface area contributed by atoms with E-state index in [2.05, 4.69) is 26.1 Å². The topological polar surface area (TPSA) is 68.5 Å². The smallest absolute Gasteiger partial charge is 0.260 e. The molecule has 0 spiro atoms. The van der Waals surface area contributed by atoms with Crippen LogP contribution in [-0.4, -0.2) is 34.6 Å². The number of hydrogen-bond donors (Lipinski definition) is 0. The van der Waals surface area contributed by atoms with Gasteiger partial charge in [-0.1, -0.05) is 45.4 Å². The number of ether oxygens (including phenoxy) is 1. The minimum atomic E-state index is -0.515. The Morgan fingerprint density at radius 2 is 2.08 bits per heavy atom. The number of carbonyl (C=O) groups is 1. The molecule has 0 aliphatic carbocycles. The van der Waals surface area contributed by atoms with Gasteiger partial charge in [0.25, 0.3) is 5.91 Å². The van der Waals surface area contributed by atoms with Gasteiger partial charge in [-0.2, -0.15) is 4.98 Å². The van der Waals surface area contributed by atoms with Crippen LogP contribution in [0.4, 0.5) is 4.39 Å². The molecule has 1 amide bonds. The molecule has 0 aliphatic heterocycles. The van der Waals surface area contributed by atoms with Crippen LogP contribution in [0.15, 0.2) is 57.5 Å². The highest BCUT2D eigenvalue weighted by Gasteiger charge is 2.16. The van der Waals surface area contributed by atoms with Crippen LogP contribution in [0.25, 0.3) is 11.4 Å². The third kappa shape index (κ3) is 4.45. The van der Waals surface area contributed by atoms with Crippen LogP contribution in [0.2, 0.25) is 0 Å². The van der Waals surface area contributed by atoms with Crippen molar-refractivity contribution in [2.24, 2.45) is 0 Å². The molecule has 2 aromatic carbocycles. The zero-order valence-corrected chi connectivity index (χ0v) is 15.4. The molecular weight excluding hydrogens is 405 g/mol. The van der Waals surface area contributed by atoms with E-state index in [1.807, 2.05) is 24.3 Å². The quantitative estimate of drug-likeness (QED) is 0.609. The number of nitrogens with zero attached hydrogens (tertiary/aromatic N) is 3. The van der Waals surface area contributed by atoms with E-state index in [1.165, 1.54) is 17.0 Å². The first-order valence-electron chi connectivity index (χ1n) is 7.73. The number of rotatable bonds is 6. The summed E-state index contributed by atoms with van der Waals surface area (Å²) in [7, 11) is 1.58. The third-order valence-electron chi connectivity index (χ3n) is 3.54. The summed E-state index contributed by atoms with van der Waals surface area (Å²) in [5.41, 5.74) is 0.797. The maximum Gasteiger partial charge on any atom is 0.260 e. The lowest BCUT2D eigenvalue weighted by Gasteiger charge is -2.15. The zero-order valence-electron chi connectivity index (χ0n) is 13.9. The average molecular weight is 420 g/mol. The Bertz CT molecular complexity index is 916. The maximum atomic E-state index is 13.5. The Morgan fingerprint density at radius 1 is 1.27 bits per heavy atom. The van der Waals surface area contributed by atoms with Crippen molar-refractivity contribution in [3.63, 3.8) is 0 Å². The molecule has 3 rings (SSSR count). The molecule has 3 aromatic rings. The highest BCUT2D eigenvalue weighted by atomic mass is 79.9. The van der Waals surface area contributed by atoms with Crippen molar-refractivity contribution in [1.29, 1.82) is 0 Å². The normalized spacial score (nSPS) is 10.6. The summed E-state index contributed by atoms with van der Waals surface area (Å²) in [6.45, 7) is -0.162. The first kappa shape index (κ1) is 18.1. The fraction of sp³-hybridized carbons (Fsp3) is 0.167. The van der Waals surface area contributed by atoms with Gasteiger partial charge in [-0.3, -0.25) is 4.79 Å². The number of amides is 1. The molecule has 0 bridgehead atoms. The first-order valence-corrected chi connectivity index (χ1v) is 8.52. The van der Waals surface area contributed by atoms with Crippen LogP contribution in [0.3, 0.4) is 0 Å². The number of carbonyl (C=O) groups excluding carboxylic acids is 1. The van der Waals surface area contributed by atoms with E-state index in [4.69, 9.17) is 9.26 Å². The van der Waals surface area contributed by atoms with Crippen LogP contribution >= 0.6 is 15.9 Å². The molecule has 0 unspecified atom stereocenters. The Morgan fingerprint density at radius 3 is 2.85 bits per heavy atom.